The van der Waals surface area contributed by atoms with Gasteiger partial charge in [-0.1, -0.05) is 24.6 Å². The van der Waals surface area contributed by atoms with Crippen molar-refractivity contribution in [1.29, 1.82) is 0 Å². The molecule has 6 heteroatoms. The maximum Gasteiger partial charge on any atom is 0.170 e. The van der Waals surface area contributed by atoms with E-state index in [1.54, 1.807) is 6.33 Å². The van der Waals surface area contributed by atoms with Crippen LogP contribution in [0.15, 0.2) is 43.0 Å². The van der Waals surface area contributed by atoms with Gasteiger partial charge in [0.25, 0.3) is 0 Å². The Bertz CT molecular complexity index is 905. The van der Waals surface area contributed by atoms with Gasteiger partial charge in [-0.25, -0.2) is 15.0 Å². The molecule has 1 saturated heterocycles. The molecule has 1 saturated carbocycles. The number of fused-ring (bicyclic) bond motifs is 3. The van der Waals surface area contributed by atoms with Crippen molar-refractivity contribution < 1.29 is 0 Å². The van der Waals surface area contributed by atoms with Crippen LogP contribution in [0.2, 0.25) is 0 Å². The Morgan fingerprint density at radius 3 is 2.88 bits per heavy atom. The van der Waals surface area contributed by atoms with E-state index in [1.807, 2.05) is 29.1 Å². The number of rotatable bonds is 3. The summed E-state index contributed by atoms with van der Waals surface area (Å²) in [6.45, 7) is 1.70. The van der Waals surface area contributed by atoms with E-state index >= 15 is 0 Å². The van der Waals surface area contributed by atoms with Gasteiger partial charge in [0.05, 0.1) is 5.54 Å². The Hall–Kier alpha value is -2.47. The van der Waals surface area contributed by atoms with Crippen molar-refractivity contribution >= 4 is 17.0 Å². The molecular weight excluding hydrogens is 312 g/mol. The molecule has 128 valence electrons. The molecule has 2 N–H and O–H groups in total. The molecule has 3 heterocycles. The molecule has 2 unspecified atom stereocenters. The largest absolute Gasteiger partial charge is 0.347 e. The van der Waals surface area contributed by atoms with Gasteiger partial charge in [0, 0.05) is 18.8 Å². The Morgan fingerprint density at radius 1 is 1.16 bits per heavy atom. The average Bonchev–Trinajstić information content (AvgIpc) is 3.21. The molecule has 1 aliphatic carbocycles. The zero-order chi connectivity index (χ0) is 16.9. The van der Waals surface area contributed by atoms with Crippen LogP contribution in [0.1, 0.15) is 25.7 Å². The second-order valence-corrected chi connectivity index (χ2v) is 7.32. The third-order valence-corrected chi connectivity index (χ3v) is 5.92. The molecule has 0 radical (unpaired) electrons. The first kappa shape index (κ1) is 14.8. The van der Waals surface area contributed by atoms with E-state index in [4.69, 9.17) is 5.73 Å². The van der Waals surface area contributed by atoms with Crippen molar-refractivity contribution in [3.8, 4) is 5.69 Å². The van der Waals surface area contributed by atoms with Gasteiger partial charge in [-0.05, 0) is 37.3 Å². The van der Waals surface area contributed by atoms with Crippen molar-refractivity contribution in [2.24, 2.45) is 11.7 Å². The second-order valence-electron chi connectivity index (χ2n) is 7.32. The van der Waals surface area contributed by atoms with Crippen LogP contribution < -0.4 is 10.6 Å². The number of para-hydroxylation sites is 1. The Kier molecular flexibility index (Phi) is 3.28. The number of anilines is 1. The predicted octanol–water partition coefficient (Wildman–Crippen LogP) is 2.52. The third kappa shape index (κ3) is 2.17. The highest BCUT2D eigenvalue weighted by Gasteiger charge is 2.48. The van der Waals surface area contributed by atoms with Crippen LogP contribution in [0, 0.1) is 5.92 Å². The standard InChI is InChI=1S/C19H22N6/c20-11-19-8-4-5-14(9-19)10-25(19)18-16-17(21-12-22-18)24(13-23-16)15-6-2-1-3-7-15/h1-3,6-7,12-14H,4-5,8-11,20H2. The van der Waals surface area contributed by atoms with Gasteiger partial charge in [-0.15, -0.1) is 0 Å². The summed E-state index contributed by atoms with van der Waals surface area (Å²) in [5.41, 5.74) is 9.05. The number of hydrogen-bond donors (Lipinski definition) is 1. The summed E-state index contributed by atoms with van der Waals surface area (Å²) in [6, 6.07) is 10.2. The van der Waals surface area contributed by atoms with Crippen LogP contribution in [0.4, 0.5) is 5.82 Å². The van der Waals surface area contributed by atoms with E-state index in [1.165, 1.54) is 19.3 Å². The smallest absolute Gasteiger partial charge is 0.170 e. The maximum atomic E-state index is 6.23. The van der Waals surface area contributed by atoms with Crippen LogP contribution in [-0.4, -0.2) is 38.1 Å². The van der Waals surface area contributed by atoms with Crippen molar-refractivity contribution in [2.75, 3.05) is 18.0 Å². The topological polar surface area (TPSA) is 72.9 Å². The monoisotopic (exact) mass is 334 g/mol. The molecule has 25 heavy (non-hydrogen) atoms. The number of aromatic nitrogens is 4. The number of imidazole rings is 1. The fourth-order valence-electron chi connectivity index (χ4n) is 4.72. The fraction of sp³-hybridized carbons (Fsp3) is 0.421. The average molecular weight is 334 g/mol. The van der Waals surface area contributed by atoms with Gasteiger partial charge < -0.3 is 10.6 Å². The highest BCUT2D eigenvalue weighted by Crippen LogP contribution is 2.46. The van der Waals surface area contributed by atoms with Gasteiger partial charge in [0.15, 0.2) is 17.0 Å². The van der Waals surface area contributed by atoms with E-state index in [-0.39, 0.29) is 5.54 Å². The lowest BCUT2D eigenvalue weighted by atomic mass is 9.80. The minimum atomic E-state index is 0.0424. The van der Waals surface area contributed by atoms with E-state index in [2.05, 4.69) is 32.0 Å². The van der Waals surface area contributed by atoms with Gasteiger partial charge in [-0.2, -0.15) is 0 Å². The first-order valence-electron chi connectivity index (χ1n) is 9.02. The van der Waals surface area contributed by atoms with Crippen LogP contribution in [0.25, 0.3) is 16.9 Å². The van der Waals surface area contributed by atoms with Gasteiger partial charge in [0.1, 0.15) is 12.7 Å². The lowest BCUT2D eigenvalue weighted by molar-refractivity contribution is 0.309. The molecule has 5 rings (SSSR count). The van der Waals surface area contributed by atoms with Crippen molar-refractivity contribution in [3.05, 3.63) is 43.0 Å². The lowest BCUT2D eigenvalue weighted by Gasteiger charge is -2.39. The molecular formula is C19H22N6. The summed E-state index contributed by atoms with van der Waals surface area (Å²) >= 11 is 0. The molecule has 0 spiro atoms. The summed E-state index contributed by atoms with van der Waals surface area (Å²) in [6.07, 6.45) is 8.37. The summed E-state index contributed by atoms with van der Waals surface area (Å²) in [4.78, 5) is 16.3. The SMILES string of the molecule is NCC12CCCC(CN1c1ncnc3c1ncn3-c1ccccc1)C2. The van der Waals surface area contributed by atoms with Crippen molar-refractivity contribution in [1.82, 2.24) is 19.5 Å². The number of nitrogens with two attached hydrogens (primary N) is 1. The maximum absolute atomic E-state index is 6.23. The molecule has 1 aromatic carbocycles. The van der Waals surface area contributed by atoms with Gasteiger partial charge >= 0.3 is 0 Å². The van der Waals surface area contributed by atoms with Gasteiger partial charge in [0.2, 0.25) is 0 Å². The van der Waals surface area contributed by atoms with Crippen molar-refractivity contribution in [2.45, 2.75) is 31.2 Å². The fourth-order valence-corrected chi connectivity index (χ4v) is 4.72. The molecule has 2 aliphatic rings. The lowest BCUT2D eigenvalue weighted by Crippen LogP contribution is -2.50. The van der Waals surface area contributed by atoms with E-state index < -0.39 is 0 Å². The second kappa shape index (κ2) is 5.52. The van der Waals surface area contributed by atoms with E-state index in [0.717, 1.165) is 41.6 Å². The molecule has 2 fully saturated rings. The molecule has 0 amide bonds. The van der Waals surface area contributed by atoms with Crippen LogP contribution in [-0.2, 0) is 0 Å². The van der Waals surface area contributed by atoms with Gasteiger partial charge in [-0.3, -0.25) is 4.57 Å². The number of nitrogens with zero attached hydrogens (tertiary/aromatic N) is 5. The predicted molar refractivity (Wildman–Crippen MR) is 97.7 cm³/mol. The molecule has 2 bridgehead atoms. The first-order chi connectivity index (χ1) is 12.3. The third-order valence-electron chi connectivity index (χ3n) is 5.92. The highest BCUT2D eigenvalue weighted by molar-refractivity contribution is 5.85. The zero-order valence-corrected chi connectivity index (χ0v) is 14.2. The Morgan fingerprint density at radius 2 is 2.04 bits per heavy atom. The molecule has 6 nitrogen and oxygen atoms in total. The molecule has 1 aliphatic heterocycles. The summed E-state index contributed by atoms with van der Waals surface area (Å²) < 4.78 is 2.03. The summed E-state index contributed by atoms with van der Waals surface area (Å²) in [7, 11) is 0. The number of benzene rings is 1. The normalized spacial score (nSPS) is 25.6. The molecule has 2 atom stereocenters. The van der Waals surface area contributed by atoms with E-state index in [9.17, 15) is 0 Å². The molecule has 3 aromatic rings. The zero-order valence-electron chi connectivity index (χ0n) is 14.2. The Labute approximate surface area is 146 Å². The number of hydrogen-bond acceptors (Lipinski definition) is 5. The van der Waals surface area contributed by atoms with Crippen LogP contribution >= 0.6 is 0 Å². The highest BCUT2D eigenvalue weighted by atomic mass is 15.3. The first-order valence-corrected chi connectivity index (χ1v) is 9.02. The quantitative estimate of drug-likeness (QED) is 0.797. The minimum absolute atomic E-state index is 0.0424. The van der Waals surface area contributed by atoms with Crippen LogP contribution in [0.3, 0.4) is 0 Å². The van der Waals surface area contributed by atoms with E-state index in [0.29, 0.717) is 6.54 Å². The minimum Gasteiger partial charge on any atom is -0.347 e. The Balaban J connectivity index is 1.65. The van der Waals surface area contributed by atoms with Crippen molar-refractivity contribution in [3.63, 3.8) is 0 Å². The van der Waals surface area contributed by atoms with Crippen LogP contribution in [0.5, 0.6) is 0 Å². The summed E-state index contributed by atoms with van der Waals surface area (Å²) in [5.74, 6) is 1.66. The molecule has 2 aromatic heterocycles. The summed E-state index contributed by atoms with van der Waals surface area (Å²) in [5, 5.41) is 0.